The smallest absolute Gasteiger partial charge is 0.222 e. The zero-order valence-corrected chi connectivity index (χ0v) is 9.58. The standard InChI is InChI=1S/C8H10N4S2/c1-3-14-7-5(4-9)6(13-2)11-8(10)12-7/h3H2,1-2H3,(H2,10,11,12). The molecule has 1 heterocycles. The number of nitrogens with two attached hydrogens (primary N) is 1. The Morgan fingerprint density at radius 3 is 2.57 bits per heavy atom. The van der Waals surface area contributed by atoms with E-state index in [-0.39, 0.29) is 5.95 Å². The number of nitrogen functional groups attached to an aromatic ring is 1. The molecule has 0 unspecified atom stereocenters. The molecule has 1 rings (SSSR count). The normalized spacial score (nSPS) is 9.79. The van der Waals surface area contributed by atoms with Crippen LogP contribution < -0.4 is 5.73 Å². The highest BCUT2D eigenvalue weighted by molar-refractivity contribution is 7.99. The number of nitriles is 1. The van der Waals surface area contributed by atoms with E-state index in [0.717, 1.165) is 5.75 Å². The topological polar surface area (TPSA) is 75.6 Å². The van der Waals surface area contributed by atoms with Gasteiger partial charge in [0.25, 0.3) is 0 Å². The number of hydrogen-bond donors (Lipinski definition) is 1. The van der Waals surface area contributed by atoms with Crippen LogP contribution in [0.3, 0.4) is 0 Å². The Bertz CT molecular complexity index is 372. The molecule has 0 saturated carbocycles. The molecule has 1 aromatic heterocycles. The van der Waals surface area contributed by atoms with Crippen molar-refractivity contribution in [3.63, 3.8) is 0 Å². The van der Waals surface area contributed by atoms with Gasteiger partial charge in [-0.2, -0.15) is 5.26 Å². The van der Waals surface area contributed by atoms with E-state index in [1.54, 1.807) is 0 Å². The van der Waals surface area contributed by atoms with Crippen LogP contribution in [0.25, 0.3) is 0 Å². The van der Waals surface area contributed by atoms with Gasteiger partial charge in [-0.15, -0.1) is 23.5 Å². The molecule has 0 aliphatic rings. The van der Waals surface area contributed by atoms with E-state index in [4.69, 9.17) is 11.0 Å². The van der Waals surface area contributed by atoms with Gasteiger partial charge in [0.05, 0.1) is 0 Å². The molecule has 0 aliphatic carbocycles. The van der Waals surface area contributed by atoms with E-state index in [9.17, 15) is 0 Å². The second kappa shape index (κ2) is 5.08. The van der Waals surface area contributed by atoms with Gasteiger partial charge in [0.1, 0.15) is 21.7 Å². The monoisotopic (exact) mass is 226 g/mol. The number of rotatable bonds is 3. The molecule has 0 aromatic carbocycles. The first-order valence-corrected chi connectivity index (χ1v) is 6.18. The molecule has 0 amide bonds. The lowest BCUT2D eigenvalue weighted by Gasteiger charge is -2.05. The molecule has 0 fully saturated rings. The number of thioether (sulfide) groups is 2. The van der Waals surface area contributed by atoms with Crippen LogP contribution in [-0.2, 0) is 0 Å². The van der Waals surface area contributed by atoms with Gasteiger partial charge in [-0.25, -0.2) is 9.97 Å². The average molecular weight is 226 g/mol. The van der Waals surface area contributed by atoms with Gasteiger partial charge in [0, 0.05) is 0 Å². The minimum atomic E-state index is 0.226. The molecule has 2 N–H and O–H groups in total. The molecule has 0 spiro atoms. The number of anilines is 1. The Hall–Kier alpha value is -0.930. The molecule has 74 valence electrons. The van der Waals surface area contributed by atoms with Gasteiger partial charge in [-0.05, 0) is 12.0 Å². The lowest BCUT2D eigenvalue weighted by atomic mass is 10.4. The van der Waals surface area contributed by atoms with Crippen molar-refractivity contribution < 1.29 is 0 Å². The third-order valence-electron chi connectivity index (χ3n) is 1.45. The fourth-order valence-corrected chi connectivity index (χ4v) is 2.23. The average Bonchev–Trinajstić information content (AvgIpc) is 2.17. The van der Waals surface area contributed by atoms with Crippen molar-refractivity contribution in [3.8, 4) is 6.07 Å². The van der Waals surface area contributed by atoms with Crippen LogP contribution in [0, 0.1) is 11.3 Å². The molecule has 0 aliphatic heterocycles. The summed E-state index contributed by atoms with van der Waals surface area (Å²) in [7, 11) is 0. The summed E-state index contributed by atoms with van der Waals surface area (Å²) in [5.41, 5.74) is 6.06. The molecule has 0 saturated heterocycles. The van der Waals surface area contributed by atoms with E-state index in [0.29, 0.717) is 15.6 Å². The maximum Gasteiger partial charge on any atom is 0.222 e. The lowest BCUT2D eigenvalue weighted by Crippen LogP contribution is -2.01. The molecule has 0 radical (unpaired) electrons. The van der Waals surface area contributed by atoms with E-state index in [1.165, 1.54) is 23.5 Å². The first-order valence-electron chi connectivity index (χ1n) is 3.97. The molecular formula is C8H10N4S2. The predicted octanol–water partition coefficient (Wildman–Crippen LogP) is 1.76. The highest BCUT2D eigenvalue weighted by Crippen LogP contribution is 2.27. The zero-order valence-electron chi connectivity index (χ0n) is 7.94. The Kier molecular flexibility index (Phi) is 4.04. The van der Waals surface area contributed by atoms with Gasteiger partial charge < -0.3 is 5.73 Å². The summed E-state index contributed by atoms with van der Waals surface area (Å²) in [6.45, 7) is 2.00. The summed E-state index contributed by atoms with van der Waals surface area (Å²) in [5, 5.41) is 10.3. The van der Waals surface area contributed by atoms with Crippen molar-refractivity contribution in [1.82, 2.24) is 9.97 Å². The minimum absolute atomic E-state index is 0.226. The first kappa shape index (κ1) is 11.1. The lowest BCUT2D eigenvalue weighted by molar-refractivity contribution is 0.962. The Morgan fingerprint density at radius 2 is 2.07 bits per heavy atom. The van der Waals surface area contributed by atoms with E-state index >= 15 is 0 Å². The Labute approximate surface area is 91.3 Å². The maximum atomic E-state index is 8.95. The van der Waals surface area contributed by atoms with Crippen molar-refractivity contribution in [3.05, 3.63) is 5.56 Å². The van der Waals surface area contributed by atoms with E-state index in [1.807, 2.05) is 13.2 Å². The second-order valence-corrected chi connectivity index (χ2v) is 4.36. The summed E-state index contributed by atoms with van der Waals surface area (Å²) in [6.07, 6.45) is 1.86. The Morgan fingerprint density at radius 1 is 1.43 bits per heavy atom. The SMILES string of the molecule is CCSc1nc(N)nc(SC)c1C#N. The summed E-state index contributed by atoms with van der Waals surface area (Å²) >= 11 is 2.91. The van der Waals surface area contributed by atoms with Crippen LogP contribution in [0.1, 0.15) is 12.5 Å². The first-order chi connectivity index (χ1) is 6.72. The van der Waals surface area contributed by atoms with Crippen molar-refractivity contribution in [2.45, 2.75) is 17.0 Å². The predicted molar refractivity (Wildman–Crippen MR) is 59.3 cm³/mol. The van der Waals surface area contributed by atoms with Gasteiger partial charge in [-0.3, -0.25) is 0 Å². The summed E-state index contributed by atoms with van der Waals surface area (Å²) in [6, 6.07) is 2.10. The Balaban J connectivity index is 3.26. The fourth-order valence-electron chi connectivity index (χ4n) is 0.921. The molecule has 0 atom stereocenters. The highest BCUT2D eigenvalue weighted by atomic mass is 32.2. The van der Waals surface area contributed by atoms with Gasteiger partial charge in [0.15, 0.2) is 0 Å². The largest absolute Gasteiger partial charge is 0.368 e. The summed E-state index contributed by atoms with van der Waals surface area (Å²) < 4.78 is 0. The molecule has 14 heavy (non-hydrogen) atoms. The number of aromatic nitrogens is 2. The second-order valence-electron chi connectivity index (χ2n) is 2.32. The maximum absolute atomic E-state index is 8.95. The van der Waals surface area contributed by atoms with E-state index in [2.05, 4.69) is 16.0 Å². The summed E-state index contributed by atoms with van der Waals surface area (Å²) in [4.78, 5) is 8.04. The van der Waals surface area contributed by atoms with Crippen molar-refractivity contribution >= 4 is 29.5 Å². The number of nitrogens with zero attached hydrogens (tertiary/aromatic N) is 3. The van der Waals surface area contributed by atoms with Gasteiger partial charge >= 0.3 is 0 Å². The minimum Gasteiger partial charge on any atom is -0.368 e. The van der Waals surface area contributed by atoms with Gasteiger partial charge in [0.2, 0.25) is 5.95 Å². The van der Waals surface area contributed by atoms with Crippen LogP contribution in [0.4, 0.5) is 5.95 Å². The van der Waals surface area contributed by atoms with Crippen molar-refractivity contribution in [2.24, 2.45) is 0 Å². The number of hydrogen-bond acceptors (Lipinski definition) is 6. The van der Waals surface area contributed by atoms with Gasteiger partial charge in [-0.1, -0.05) is 6.92 Å². The zero-order chi connectivity index (χ0) is 10.6. The van der Waals surface area contributed by atoms with Crippen molar-refractivity contribution in [2.75, 3.05) is 17.7 Å². The van der Waals surface area contributed by atoms with Crippen LogP contribution in [0.5, 0.6) is 0 Å². The fraction of sp³-hybridized carbons (Fsp3) is 0.375. The summed E-state index contributed by atoms with van der Waals surface area (Å²) in [5.74, 6) is 1.09. The molecule has 0 bridgehead atoms. The molecule has 6 heteroatoms. The van der Waals surface area contributed by atoms with Crippen LogP contribution >= 0.6 is 23.5 Å². The van der Waals surface area contributed by atoms with Crippen LogP contribution in [0.2, 0.25) is 0 Å². The molecule has 1 aromatic rings. The quantitative estimate of drug-likeness (QED) is 0.625. The van der Waals surface area contributed by atoms with Crippen LogP contribution in [0.15, 0.2) is 10.1 Å². The third-order valence-corrected chi connectivity index (χ3v) is 2.99. The van der Waals surface area contributed by atoms with Crippen molar-refractivity contribution in [1.29, 1.82) is 5.26 Å². The van der Waals surface area contributed by atoms with Crippen LogP contribution in [-0.4, -0.2) is 22.0 Å². The molecule has 4 nitrogen and oxygen atoms in total. The highest BCUT2D eigenvalue weighted by Gasteiger charge is 2.12. The molecular weight excluding hydrogens is 216 g/mol. The van der Waals surface area contributed by atoms with E-state index < -0.39 is 0 Å². The third kappa shape index (κ3) is 2.30.